The molecule has 584 valence electrons. The highest BCUT2D eigenvalue weighted by molar-refractivity contribution is 7.21. The molecule has 0 aliphatic carbocycles. The highest BCUT2D eigenvalue weighted by Crippen LogP contribution is 2.40. The van der Waals surface area contributed by atoms with Gasteiger partial charge in [0.25, 0.3) is 0 Å². The lowest BCUT2D eigenvalue weighted by Gasteiger charge is -2.35. The van der Waals surface area contributed by atoms with Crippen molar-refractivity contribution in [2.75, 3.05) is 0 Å². The Kier molecular flexibility index (Phi) is 14.7. The number of benzene rings is 16. The standard InChI is InChI=1S/C109H68N12O2Si2/c1-5-30-71(31-6-1)124(72-32-7-2-8-33-72,75-58-61-100-83(64-75)81-41-16-27-53-98(81)122-100)76-65-103(119-94-50-24-21-47-91(94)116-89-46-20-17-43-84(89)110-107(116)119)114-104(66-76)120-96-52-26-23-49-93(96)118-97-63-70(56-59-85(97)111-108(118)120)69-57-60-90-86(62-69)112-109-117(90)92-48-22-25-51-95(92)121(109)105-68-77(67-102(113-105)115-87-44-18-13-38-78(87)79-39-14-19-45-88(79)115)125(73-34-9-3-10-35-73,74-36-11-4-12-37-74)101-55-29-42-82-80-40-15-28-54-99(80)123-106(82)101/h1-68H. The average molecular weight is 1630 g/mol. The number of nitrogens with zero attached hydrogens (tertiary/aromatic N) is 12. The third-order valence-electron chi connectivity index (χ3n) is 26.2. The van der Waals surface area contributed by atoms with Crippen LogP contribution in [0.15, 0.2) is 421 Å². The van der Waals surface area contributed by atoms with E-state index in [4.69, 9.17) is 33.8 Å². The molecule has 0 N–H and O–H groups in total. The van der Waals surface area contributed by atoms with Crippen LogP contribution in [0.4, 0.5) is 0 Å². The Morgan fingerprint density at radius 3 is 1.11 bits per heavy atom. The van der Waals surface area contributed by atoms with Crippen molar-refractivity contribution in [3.05, 3.63) is 413 Å². The number of hydrogen-bond donors (Lipinski definition) is 0. The van der Waals surface area contributed by atoms with Crippen LogP contribution in [0.1, 0.15) is 0 Å². The number of para-hydroxylation sites is 13. The van der Waals surface area contributed by atoms with E-state index in [-0.39, 0.29) is 0 Å². The molecule has 16 aromatic carbocycles. The number of hydrogen-bond acceptors (Lipinski definition) is 7. The molecule has 11 aromatic heterocycles. The van der Waals surface area contributed by atoms with Gasteiger partial charge >= 0.3 is 0 Å². The van der Waals surface area contributed by atoms with Gasteiger partial charge in [-0.05, 0) is 180 Å². The Morgan fingerprint density at radius 1 is 0.192 bits per heavy atom. The predicted molar refractivity (Wildman–Crippen MR) is 513 cm³/mol. The van der Waals surface area contributed by atoms with Gasteiger partial charge in [-0.15, -0.1) is 0 Å². The Bertz CT molecular complexity index is 9030. The van der Waals surface area contributed by atoms with Gasteiger partial charge in [-0.3, -0.25) is 31.5 Å². The van der Waals surface area contributed by atoms with E-state index in [0.717, 1.165) is 193 Å². The molecule has 0 saturated heterocycles. The molecule has 0 bridgehead atoms. The van der Waals surface area contributed by atoms with Crippen molar-refractivity contribution in [3.63, 3.8) is 0 Å². The van der Waals surface area contributed by atoms with Crippen LogP contribution < -0.4 is 41.5 Å². The zero-order valence-corrected chi connectivity index (χ0v) is 68.9. The quantitative estimate of drug-likeness (QED) is 0.0832. The van der Waals surface area contributed by atoms with Crippen molar-refractivity contribution >= 4 is 207 Å². The molecule has 14 nitrogen and oxygen atoms in total. The normalized spacial score (nSPS) is 12.5. The van der Waals surface area contributed by atoms with Crippen LogP contribution in [0, 0.1) is 0 Å². The summed E-state index contributed by atoms with van der Waals surface area (Å²) in [7, 11) is -6.99. The van der Waals surface area contributed by atoms with Crippen LogP contribution in [-0.2, 0) is 0 Å². The molecule has 16 heteroatoms. The van der Waals surface area contributed by atoms with E-state index in [1.807, 2.05) is 6.07 Å². The molecular formula is C109H68N12O2Si2. The molecule has 0 radical (unpaired) electrons. The average Bonchev–Trinajstić information content (AvgIpc) is 1.51. The molecule has 0 aliphatic heterocycles. The predicted octanol–water partition coefficient (Wildman–Crippen LogP) is 20.0. The van der Waals surface area contributed by atoms with E-state index < -0.39 is 16.1 Å². The Hall–Kier alpha value is -16.5. The molecule has 0 atom stereocenters. The third kappa shape index (κ3) is 9.84. The van der Waals surface area contributed by atoms with Crippen molar-refractivity contribution in [1.29, 1.82) is 0 Å². The lowest BCUT2D eigenvalue weighted by molar-refractivity contribution is 0.669. The molecule has 0 amide bonds. The second-order valence-corrected chi connectivity index (χ2v) is 40.3. The van der Waals surface area contributed by atoms with Crippen LogP contribution in [0.2, 0.25) is 0 Å². The molecule has 27 rings (SSSR count). The van der Waals surface area contributed by atoms with Gasteiger partial charge in [0.1, 0.15) is 45.6 Å². The first-order valence-electron chi connectivity index (χ1n) is 42.3. The van der Waals surface area contributed by atoms with E-state index in [9.17, 15) is 0 Å². The monoisotopic (exact) mass is 1630 g/mol. The molecule has 11 heterocycles. The fourth-order valence-electron chi connectivity index (χ4n) is 21.0. The number of rotatable bonds is 13. The topological polar surface area (TPSA) is 124 Å². The molecule has 27 aromatic rings. The van der Waals surface area contributed by atoms with E-state index >= 15 is 0 Å². The molecule has 125 heavy (non-hydrogen) atoms. The van der Waals surface area contributed by atoms with Gasteiger partial charge in [-0.1, -0.05) is 285 Å². The largest absolute Gasteiger partial charge is 0.456 e. The number of fused-ring (bicyclic) bond motifs is 24. The van der Waals surface area contributed by atoms with Crippen molar-refractivity contribution in [2.45, 2.75) is 0 Å². The smallest absolute Gasteiger partial charge is 0.221 e. The highest BCUT2D eigenvalue weighted by atomic mass is 28.3. The summed E-state index contributed by atoms with van der Waals surface area (Å²) in [6, 6.07) is 150. The zero-order valence-electron chi connectivity index (χ0n) is 66.9. The van der Waals surface area contributed by atoms with Crippen molar-refractivity contribution in [2.24, 2.45) is 0 Å². The van der Waals surface area contributed by atoms with Crippen molar-refractivity contribution in [3.8, 4) is 34.4 Å². The SMILES string of the molecule is c1ccc([Si](c2ccccc2)(c2cc(-n3c4ccccc4n4c5ccccc5nc34)nc(-n3c4ccccc4n4c5cc(-c6ccc7c(c6)nc6n(-c8cc([Si](c9ccccc9)(c9ccccc9)c9cccc%10c9oc9ccccc9%10)cc(-n9c%10ccccc%10c%10ccccc%109)n8)c8ccccc8n76)ccc5nc34)c2)c2ccc3oc4ccccc4c3c2)cc1. The third-order valence-corrected chi connectivity index (χ3v) is 35.7. The molecule has 0 spiro atoms. The van der Waals surface area contributed by atoms with Crippen LogP contribution in [0.25, 0.3) is 184 Å². The van der Waals surface area contributed by atoms with Gasteiger partial charge in [0.05, 0.1) is 77.2 Å². The number of pyridine rings is 2. The minimum atomic E-state index is -3.52. The van der Waals surface area contributed by atoms with Crippen LogP contribution in [-0.4, -0.2) is 72.5 Å². The lowest BCUT2D eigenvalue weighted by atomic mass is 10.0. The molecule has 0 fully saturated rings. The summed E-state index contributed by atoms with van der Waals surface area (Å²) in [4.78, 5) is 29.1. The van der Waals surface area contributed by atoms with Gasteiger partial charge in [0.2, 0.25) is 17.3 Å². The van der Waals surface area contributed by atoms with Gasteiger partial charge in [0, 0.05) is 32.3 Å². The molecular weight excluding hydrogens is 1570 g/mol. The minimum Gasteiger partial charge on any atom is -0.456 e. The van der Waals surface area contributed by atoms with Gasteiger partial charge in [0.15, 0.2) is 16.1 Å². The lowest BCUT2D eigenvalue weighted by Crippen LogP contribution is -2.75. The number of aromatic nitrogens is 12. The highest BCUT2D eigenvalue weighted by Gasteiger charge is 2.46. The summed E-state index contributed by atoms with van der Waals surface area (Å²) >= 11 is 0. The van der Waals surface area contributed by atoms with Crippen LogP contribution in [0.5, 0.6) is 0 Å². The van der Waals surface area contributed by atoms with Gasteiger partial charge in [-0.25, -0.2) is 24.9 Å². The Labute approximate surface area is 714 Å². The first-order valence-corrected chi connectivity index (χ1v) is 46.3. The fourth-order valence-corrected chi connectivity index (χ4v) is 30.6. The fraction of sp³-hybridized carbons (Fsp3) is 0. The maximum Gasteiger partial charge on any atom is 0.221 e. The summed E-state index contributed by atoms with van der Waals surface area (Å²) in [5, 5.41) is 16.0. The first-order chi connectivity index (χ1) is 62.0. The maximum absolute atomic E-state index is 7.22. The van der Waals surface area contributed by atoms with Crippen molar-refractivity contribution < 1.29 is 8.83 Å². The number of imidazole rings is 6. The molecule has 0 saturated carbocycles. The van der Waals surface area contributed by atoms with Crippen LogP contribution >= 0.6 is 0 Å². The maximum atomic E-state index is 7.22. The Morgan fingerprint density at radius 2 is 0.568 bits per heavy atom. The minimum absolute atomic E-state index is 0.706. The molecule has 0 unspecified atom stereocenters. The number of furan rings is 2. The van der Waals surface area contributed by atoms with Crippen molar-refractivity contribution in [1.82, 2.24) is 56.4 Å². The molecule has 0 aliphatic rings. The van der Waals surface area contributed by atoms with E-state index in [1.54, 1.807) is 0 Å². The van der Waals surface area contributed by atoms with E-state index in [1.165, 1.54) is 25.9 Å². The second kappa shape index (κ2) is 26.5. The first kappa shape index (κ1) is 69.3. The van der Waals surface area contributed by atoms with Gasteiger partial charge in [-0.2, -0.15) is 0 Å². The van der Waals surface area contributed by atoms with Crippen LogP contribution in [0.3, 0.4) is 0 Å². The van der Waals surface area contributed by atoms with Gasteiger partial charge < -0.3 is 8.83 Å². The summed E-state index contributed by atoms with van der Waals surface area (Å²) in [5.74, 6) is 5.15. The summed E-state index contributed by atoms with van der Waals surface area (Å²) in [5.41, 5.74) is 18.9. The van der Waals surface area contributed by atoms with E-state index in [2.05, 4.69) is 438 Å². The summed E-state index contributed by atoms with van der Waals surface area (Å²) < 4.78 is 30.0. The van der Waals surface area contributed by atoms with E-state index in [0.29, 0.717) is 5.82 Å². The Balaban J connectivity index is 0.674. The summed E-state index contributed by atoms with van der Waals surface area (Å²) in [6.45, 7) is 0. The zero-order chi connectivity index (χ0) is 81.7. The summed E-state index contributed by atoms with van der Waals surface area (Å²) in [6.07, 6.45) is 0. The second-order valence-electron chi connectivity index (χ2n) is 32.7.